The number of carbonyl (C=O) groups is 1. The summed E-state index contributed by atoms with van der Waals surface area (Å²) >= 11 is 0. The van der Waals surface area contributed by atoms with E-state index < -0.39 is 11.8 Å². The molecule has 0 aliphatic carbocycles. The summed E-state index contributed by atoms with van der Waals surface area (Å²) in [5, 5.41) is 18.9. The molecule has 1 aliphatic heterocycles. The summed E-state index contributed by atoms with van der Waals surface area (Å²) < 4.78 is 11.0. The van der Waals surface area contributed by atoms with Gasteiger partial charge in [-0.25, -0.2) is 9.78 Å². The second kappa shape index (κ2) is 7.47. The Kier molecular flexibility index (Phi) is 5.11. The number of methoxy groups -OCH3 is 1. The Morgan fingerprint density at radius 1 is 1.31 bits per heavy atom. The van der Waals surface area contributed by atoms with Gasteiger partial charge < -0.3 is 24.6 Å². The van der Waals surface area contributed by atoms with E-state index in [0.29, 0.717) is 30.5 Å². The third kappa shape index (κ3) is 3.79. The summed E-state index contributed by atoms with van der Waals surface area (Å²) in [6, 6.07) is 5.03. The standard InChI is InChI=1S/C18H21N3O5/c1-11-9-14(18(23)24)17(22)20-16(11)21-7-5-12(6-8-21)26-13-3-4-15(25-2)19-10-13/h3-4,9-10,12H,5-8H2,1-2H3,(H,20,22)(H,23,24). The van der Waals surface area contributed by atoms with Gasteiger partial charge in [-0.2, -0.15) is 4.98 Å². The summed E-state index contributed by atoms with van der Waals surface area (Å²) in [5.41, 5.74) is 0.537. The van der Waals surface area contributed by atoms with Crippen LogP contribution in [0, 0.1) is 6.92 Å². The van der Waals surface area contributed by atoms with Crippen molar-refractivity contribution >= 4 is 11.8 Å². The SMILES string of the molecule is COc1ccc(OC2CCN(c3nc(O)c(C(=O)O)cc3C)CC2)cn1. The van der Waals surface area contributed by atoms with Crippen molar-refractivity contribution in [1.82, 2.24) is 9.97 Å². The summed E-state index contributed by atoms with van der Waals surface area (Å²) in [4.78, 5) is 21.3. The highest BCUT2D eigenvalue weighted by molar-refractivity contribution is 5.90. The van der Waals surface area contributed by atoms with Gasteiger partial charge in [0.05, 0.1) is 13.3 Å². The number of ether oxygens (including phenoxy) is 2. The second-order valence-corrected chi connectivity index (χ2v) is 6.15. The summed E-state index contributed by atoms with van der Waals surface area (Å²) in [7, 11) is 1.56. The van der Waals surface area contributed by atoms with E-state index in [2.05, 4.69) is 9.97 Å². The van der Waals surface area contributed by atoms with E-state index in [4.69, 9.17) is 14.6 Å². The fraction of sp³-hybridized carbons (Fsp3) is 0.389. The number of aromatic hydroxyl groups is 1. The van der Waals surface area contributed by atoms with Crippen molar-refractivity contribution < 1.29 is 24.5 Å². The van der Waals surface area contributed by atoms with Gasteiger partial charge in [-0.15, -0.1) is 0 Å². The number of aryl methyl sites for hydroxylation is 1. The van der Waals surface area contributed by atoms with E-state index in [1.165, 1.54) is 6.07 Å². The number of anilines is 1. The fourth-order valence-corrected chi connectivity index (χ4v) is 3.01. The molecule has 2 N–H and O–H groups in total. The minimum absolute atomic E-state index is 0.0636. The third-order valence-electron chi connectivity index (χ3n) is 4.36. The Labute approximate surface area is 151 Å². The molecule has 26 heavy (non-hydrogen) atoms. The molecule has 1 aliphatic rings. The van der Waals surface area contributed by atoms with Gasteiger partial charge in [-0.1, -0.05) is 0 Å². The van der Waals surface area contributed by atoms with E-state index in [1.54, 1.807) is 26.3 Å². The second-order valence-electron chi connectivity index (χ2n) is 6.15. The number of hydrogen-bond acceptors (Lipinski definition) is 7. The van der Waals surface area contributed by atoms with E-state index in [-0.39, 0.29) is 11.7 Å². The number of hydrogen-bond donors (Lipinski definition) is 2. The molecule has 3 rings (SSSR count). The highest BCUT2D eigenvalue weighted by Crippen LogP contribution is 2.28. The van der Waals surface area contributed by atoms with Crippen LogP contribution in [0.3, 0.4) is 0 Å². The molecule has 3 heterocycles. The molecule has 0 aromatic carbocycles. The quantitative estimate of drug-likeness (QED) is 0.837. The highest BCUT2D eigenvalue weighted by atomic mass is 16.5. The first-order chi connectivity index (χ1) is 12.5. The maximum atomic E-state index is 11.1. The number of aromatic nitrogens is 2. The summed E-state index contributed by atoms with van der Waals surface area (Å²) in [6.45, 7) is 3.20. The van der Waals surface area contributed by atoms with E-state index in [1.807, 2.05) is 11.0 Å². The monoisotopic (exact) mass is 359 g/mol. The maximum absolute atomic E-state index is 11.1. The maximum Gasteiger partial charge on any atom is 0.341 e. The van der Waals surface area contributed by atoms with Crippen LogP contribution in [-0.2, 0) is 0 Å². The van der Waals surface area contributed by atoms with Gasteiger partial charge in [0.15, 0.2) is 0 Å². The summed E-state index contributed by atoms with van der Waals surface area (Å²) in [6.07, 6.45) is 3.27. The third-order valence-corrected chi connectivity index (χ3v) is 4.36. The molecule has 0 unspecified atom stereocenters. The van der Waals surface area contributed by atoms with Crippen molar-refractivity contribution in [2.24, 2.45) is 0 Å². The van der Waals surface area contributed by atoms with E-state index in [9.17, 15) is 9.90 Å². The van der Waals surface area contributed by atoms with Crippen LogP contribution in [-0.4, -0.2) is 52.5 Å². The zero-order valence-corrected chi connectivity index (χ0v) is 14.7. The molecule has 0 radical (unpaired) electrons. The number of carboxylic acids is 1. The van der Waals surface area contributed by atoms with Crippen LogP contribution in [0.4, 0.5) is 5.82 Å². The van der Waals surface area contributed by atoms with E-state index in [0.717, 1.165) is 18.4 Å². The van der Waals surface area contributed by atoms with Crippen molar-refractivity contribution in [3.63, 3.8) is 0 Å². The number of piperidine rings is 1. The lowest BCUT2D eigenvalue weighted by Gasteiger charge is -2.33. The van der Waals surface area contributed by atoms with Gasteiger partial charge in [0, 0.05) is 32.0 Å². The minimum atomic E-state index is -1.19. The molecule has 0 amide bonds. The normalized spacial score (nSPS) is 14.9. The molecule has 138 valence electrons. The molecule has 0 spiro atoms. The smallest absolute Gasteiger partial charge is 0.341 e. The van der Waals surface area contributed by atoms with Gasteiger partial charge in [0.25, 0.3) is 0 Å². The fourth-order valence-electron chi connectivity index (χ4n) is 3.01. The lowest BCUT2D eigenvalue weighted by atomic mass is 10.1. The molecular weight excluding hydrogens is 338 g/mol. The van der Waals surface area contributed by atoms with Gasteiger partial charge in [0.1, 0.15) is 23.2 Å². The molecule has 1 saturated heterocycles. The Hall–Kier alpha value is -3.03. The first-order valence-electron chi connectivity index (χ1n) is 8.33. The van der Waals surface area contributed by atoms with Crippen LogP contribution in [0.5, 0.6) is 17.5 Å². The molecule has 0 saturated carbocycles. The van der Waals surface area contributed by atoms with Crippen LogP contribution in [0.1, 0.15) is 28.8 Å². The molecular formula is C18H21N3O5. The zero-order chi connectivity index (χ0) is 18.7. The number of aromatic carboxylic acids is 1. The van der Waals surface area contributed by atoms with Crippen molar-refractivity contribution in [3.05, 3.63) is 35.5 Å². The Balaban J connectivity index is 1.63. The molecule has 1 fully saturated rings. The number of rotatable bonds is 5. The highest BCUT2D eigenvalue weighted by Gasteiger charge is 2.24. The van der Waals surface area contributed by atoms with Crippen LogP contribution >= 0.6 is 0 Å². The Bertz CT molecular complexity index is 786. The Morgan fingerprint density at radius 3 is 2.62 bits per heavy atom. The largest absolute Gasteiger partial charge is 0.493 e. The zero-order valence-electron chi connectivity index (χ0n) is 14.7. The van der Waals surface area contributed by atoms with Crippen molar-refractivity contribution in [3.8, 4) is 17.5 Å². The molecule has 0 bridgehead atoms. The molecule has 2 aromatic heterocycles. The van der Waals surface area contributed by atoms with Gasteiger partial charge in [-0.3, -0.25) is 0 Å². The minimum Gasteiger partial charge on any atom is -0.493 e. The van der Waals surface area contributed by atoms with Crippen molar-refractivity contribution in [2.75, 3.05) is 25.1 Å². The van der Waals surface area contributed by atoms with Crippen molar-refractivity contribution in [2.45, 2.75) is 25.9 Å². The molecule has 8 nitrogen and oxygen atoms in total. The predicted molar refractivity (Wildman–Crippen MR) is 94.3 cm³/mol. The topological polar surface area (TPSA) is 105 Å². The van der Waals surface area contributed by atoms with Crippen LogP contribution in [0.2, 0.25) is 0 Å². The van der Waals surface area contributed by atoms with Gasteiger partial charge >= 0.3 is 5.97 Å². The summed E-state index contributed by atoms with van der Waals surface area (Å²) in [5.74, 6) is 0.197. The van der Waals surface area contributed by atoms with Gasteiger partial charge in [0.2, 0.25) is 11.8 Å². The number of pyridine rings is 2. The predicted octanol–water partition coefficient (Wildman–Crippen LogP) is 2.25. The number of nitrogens with zero attached hydrogens (tertiary/aromatic N) is 3. The molecule has 8 heteroatoms. The van der Waals surface area contributed by atoms with Crippen LogP contribution in [0.15, 0.2) is 24.4 Å². The van der Waals surface area contributed by atoms with Crippen LogP contribution < -0.4 is 14.4 Å². The van der Waals surface area contributed by atoms with Crippen molar-refractivity contribution in [1.29, 1.82) is 0 Å². The van der Waals surface area contributed by atoms with Crippen LogP contribution in [0.25, 0.3) is 0 Å². The first kappa shape index (κ1) is 17.8. The average molecular weight is 359 g/mol. The Morgan fingerprint density at radius 2 is 2.04 bits per heavy atom. The lowest BCUT2D eigenvalue weighted by molar-refractivity contribution is 0.0693. The number of carboxylic acid groups (broad SMARTS) is 1. The first-order valence-corrected chi connectivity index (χ1v) is 8.33. The molecule has 0 atom stereocenters. The van der Waals surface area contributed by atoms with E-state index >= 15 is 0 Å². The lowest BCUT2D eigenvalue weighted by Crippen LogP contribution is -2.39. The average Bonchev–Trinajstić information content (AvgIpc) is 2.64. The molecule has 2 aromatic rings. The van der Waals surface area contributed by atoms with Gasteiger partial charge in [-0.05, 0) is 24.6 Å².